The average Bonchev–Trinajstić information content (AvgIpc) is 2.08. The van der Waals surface area contributed by atoms with E-state index in [2.05, 4.69) is 10.6 Å². The number of nitrogens with one attached hydrogen (secondary N) is 2. The van der Waals surface area contributed by atoms with E-state index in [1.807, 2.05) is 20.8 Å². The van der Waals surface area contributed by atoms with Gasteiger partial charge in [-0.05, 0) is 24.4 Å². The Morgan fingerprint density at radius 2 is 2.00 bits per heavy atom. The average molecular weight is 242 g/mol. The molecule has 5 heteroatoms. The van der Waals surface area contributed by atoms with Gasteiger partial charge < -0.3 is 15.7 Å². The first-order valence-corrected chi connectivity index (χ1v) is 6.01. The Bertz CT molecular complexity index is 293. The van der Waals surface area contributed by atoms with Gasteiger partial charge >= 0.3 is 5.97 Å². The summed E-state index contributed by atoms with van der Waals surface area (Å²) in [6.45, 7) is 7.57. The first kappa shape index (κ1) is 14.0. The first-order valence-electron chi connectivity index (χ1n) is 6.01. The van der Waals surface area contributed by atoms with Crippen LogP contribution in [0.3, 0.4) is 0 Å². The molecule has 1 aliphatic rings. The van der Waals surface area contributed by atoms with Crippen LogP contribution in [0.1, 0.15) is 33.6 Å². The summed E-state index contributed by atoms with van der Waals surface area (Å²) in [7, 11) is 0. The van der Waals surface area contributed by atoms with Crippen LogP contribution in [-0.2, 0) is 9.59 Å². The van der Waals surface area contributed by atoms with Gasteiger partial charge in [-0.15, -0.1) is 0 Å². The Hall–Kier alpha value is -1.10. The van der Waals surface area contributed by atoms with Crippen LogP contribution in [0.25, 0.3) is 0 Å². The van der Waals surface area contributed by atoms with Crippen molar-refractivity contribution in [2.45, 2.75) is 39.7 Å². The molecule has 0 saturated carbocycles. The Morgan fingerprint density at radius 3 is 2.35 bits per heavy atom. The van der Waals surface area contributed by atoms with E-state index in [0.29, 0.717) is 12.3 Å². The summed E-state index contributed by atoms with van der Waals surface area (Å²) in [5.41, 5.74) is -0.244. The Morgan fingerprint density at radius 1 is 1.41 bits per heavy atom. The highest BCUT2D eigenvalue weighted by atomic mass is 16.4. The minimum atomic E-state index is -0.879. The van der Waals surface area contributed by atoms with Gasteiger partial charge in [0.1, 0.15) is 0 Å². The molecule has 1 heterocycles. The zero-order valence-corrected chi connectivity index (χ0v) is 10.7. The first-order chi connectivity index (χ1) is 7.79. The van der Waals surface area contributed by atoms with Gasteiger partial charge in [0.15, 0.2) is 0 Å². The SMILES string of the molecule is CC(C)(C)C(CC(=O)O)NC(=O)CC1CNC1. The third-order valence-corrected chi connectivity index (χ3v) is 3.10. The van der Waals surface area contributed by atoms with Crippen molar-refractivity contribution in [2.75, 3.05) is 13.1 Å². The van der Waals surface area contributed by atoms with E-state index >= 15 is 0 Å². The second kappa shape index (κ2) is 5.49. The van der Waals surface area contributed by atoms with E-state index in [1.165, 1.54) is 0 Å². The molecular formula is C12H22N2O3. The van der Waals surface area contributed by atoms with Crippen molar-refractivity contribution in [3.05, 3.63) is 0 Å². The van der Waals surface area contributed by atoms with Gasteiger partial charge in [-0.1, -0.05) is 20.8 Å². The van der Waals surface area contributed by atoms with Gasteiger partial charge in [0.25, 0.3) is 0 Å². The quantitative estimate of drug-likeness (QED) is 0.659. The number of carbonyl (C=O) groups excluding carboxylic acids is 1. The van der Waals surface area contributed by atoms with E-state index in [1.54, 1.807) is 0 Å². The highest BCUT2D eigenvalue weighted by Gasteiger charge is 2.29. The number of amides is 1. The molecule has 0 aromatic heterocycles. The number of hydrogen-bond donors (Lipinski definition) is 3. The van der Waals surface area contributed by atoms with Crippen molar-refractivity contribution < 1.29 is 14.7 Å². The maximum Gasteiger partial charge on any atom is 0.305 e. The van der Waals surface area contributed by atoms with Crippen LogP contribution in [0, 0.1) is 11.3 Å². The summed E-state index contributed by atoms with van der Waals surface area (Å²) >= 11 is 0. The molecule has 1 rings (SSSR count). The summed E-state index contributed by atoms with van der Waals surface area (Å²) < 4.78 is 0. The van der Waals surface area contributed by atoms with Crippen LogP contribution >= 0.6 is 0 Å². The van der Waals surface area contributed by atoms with Crippen molar-refractivity contribution in [3.63, 3.8) is 0 Å². The highest BCUT2D eigenvalue weighted by molar-refractivity contribution is 5.78. The van der Waals surface area contributed by atoms with Crippen LogP contribution in [0.2, 0.25) is 0 Å². The molecule has 0 radical (unpaired) electrons. The van der Waals surface area contributed by atoms with Gasteiger partial charge in [0.2, 0.25) is 5.91 Å². The minimum absolute atomic E-state index is 0.0296. The number of carbonyl (C=O) groups is 2. The molecule has 1 aliphatic heterocycles. The lowest BCUT2D eigenvalue weighted by Crippen LogP contribution is -2.49. The number of carboxylic acids is 1. The molecule has 98 valence electrons. The summed E-state index contributed by atoms with van der Waals surface area (Å²) in [6, 6.07) is -0.319. The molecule has 17 heavy (non-hydrogen) atoms. The Balaban J connectivity index is 2.46. The van der Waals surface area contributed by atoms with Gasteiger partial charge in [0.05, 0.1) is 6.42 Å². The predicted octanol–water partition coefficient (Wildman–Crippen LogP) is 0.602. The zero-order valence-electron chi connectivity index (χ0n) is 10.7. The fraction of sp³-hybridized carbons (Fsp3) is 0.833. The van der Waals surface area contributed by atoms with Gasteiger partial charge in [0, 0.05) is 12.5 Å². The molecule has 5 nitrogen and oxygen atoms in total. The molecule has 1 saturated heterocycles. The lowest BCUT2D eigenvalue weighted by molar-refractivity contribution is -0.138. The molecular weight excluding hydrogens is 220 g/mol. The fourth-order valence-corrected chi connectivity index (χ4v) is 1.76. The summed E-state index contributed by atoms with van der Waals surface area (Å²) in [5.74, 6) is -0.520. The van der Waals surface area contributed by atoms with Crippen LogP contribution < -0.4 is 10.6 Å². The lowest BCUT2D eigenvalue weighted by Gasteiger charge is -2.32. The second-order valence-electron chi connectivity index (χ2n) is 5.81. The van der Waals surface area contributed by atoms with Crippen molar-refractivity contribution in [1.82, 2.24) is 10.6 Å². The van der Waals surface area contributed by atoms with Crippen LogP contribution in [0.4, 0.5) is 0 Å². The molecule has 1 atom stereocenters. The number of aliphatic carboxylic acids is 1. The molecule has 1 amide bonds. The van der Waals surface area contributed by atoms with Crippen LogP contribution in [0.5, 0.6) is 0 Å². The topological polar surface area (TPSA) is 78.4 Å². The van der Waals surface area contributed by atoms with Crippen molar-refractivity contribution >= 4 is 11.9 Å². The zero-order chi connectivity index (χ0) is 13.1. The summed E-state index contributed by atoms with van der Waals surface area (Å²) in [5, 5.41) is 14.8. The number of rotatable bonds is 5. The summed E-state index contributed by atoms with van der Waals surface area (Å²) in [6.07, 6.45) is 0.456. The number of hydrogen-bond acceptors (Lipinski definition) is 3. The Kier molecular flexibility index (Phi) is 4.51. The molecule has 0 aromatic rings. The molecule has 3 N–H and O–H groups in total. The Labute approximate surface area is 102 Å². The van der Waals surface area contributed by atoms with Crippen molar-refractivity contribution in [2.24, 2.45) is 11.3 Å². The summed E-state index contributed by atoms with van der Waals surface area (Å²) in [4.78, 5) is 22.5. The van der Waals surface area contributed by atoms with Gasteiger partial charge in [-0.3, -0.25) is 9.59 Å². The van der Waals surface area contributed by atoms with Gasteiger partial charge in [-0.2, -0.15) is 0 Å². The molecule has 0 bridgehead atoms. The minimum Gasteiger partial charge on any atom is -0.481 e. The van der Waals surface area contributed by atoms with Crippen molar-refractivity contribution in [3.8, 4) is 0 Å². The largest absolute Gasteiger partial charge is 0.481 e. The second-order valence-corrected chi connectivity index (χ2v) is 5.81. The van der Waals surface area contributed by atoms with E-state index in [9.17, 15) is 9.59 Å². The van der Waals surface area contributed by atoms with E-state index in [0.717, 1.165) is 13.1 Å². The molecule has 0 spiro atoms. The fourth-order valence-electron chi connectivity index (χ4n) is 1.76. The van der Waals surface area contributed by atoms with E-state index < -0.39 is 5.97 Å². The lowest BCUT2D eigenvalue weighted by atomic mass is 9.84. The van der Waals surface area contributed by atoms with Crippen LogP contribution in [0.15, 0.2) is 0 Å². The molecule has 0 aromatic carbocycles. The monoisotopic (exact) mass is 242 g/mol. The maximum atomic E-state index is 11.8. The molecule has 0 aliphatic carbocycles. The number of carboxylic acid groups (broad SMARTS) is 1. The normalized spacial score (nSPS) is 18.3. The van der Waals surface area contributed by atoms with Crippen molar-refractivity contribution in [1.29, 1.82) is 0 Å². The van der Waals surface area contributed by atoms with Gasteiger partial charge in [-0.25, -0.2) is 0 Å². The van der Waals surface area contributed by atoms with E-state index in [-0.39, 0.29) is 23.8 Å². The molecule has 1 unspecified atom stereocenters. The third-order valence-electron chi connectivity index (χ3n) is 3.10. The maximum absolute atomic E-state index is 11.8. The predicted molar refractivity (Wildman–Crippen MR) is 64.6 cm³/mol. The molecule has 1 fully saturated rings. The highest BCUT2D eigenvalue weighted by Crippen LogP contribution is 2.22. The smallest absolute Gasteiger partial charge is 0.305 e. The standard InChI is InChI=1S/C12H22N2O3/c1-12(2,3)9(5-11(16)17)14-10(15)4-8-6-13-7-8/h8-9,13H,4-7H2,1-3H3,(H,14,15)(H,16,17). The third kappa shape index (κ3) is 4.73. The van der Waals surface area contributed by atoms with E-state index in [4.69, 9.17) is 5.11 Å². The van der Waals surface area contributed by atoms with Crippen LogP contribution in [-0.4, -0.2) is 36.1 Å².